The second-order valence-electron chi connectivity index (χ2n) is 5.89. The summed E-state index contributed by atoms with van der Waals surface area (Å²) >= 11 is 0. The number of sulfone groups is 1. The van der Waals surface area contributed by atoms with Crippen molar-refractivity contribution in [2.24, 2.45) is 0 Å². The van der Waals surface area contributed by atoms with Gasteiger partial charge in [0, 0.05) is 33.4 Å². The predicted octanol–water partition coefficient (Wildman–Crippen LogP) is 1.93. The number of rotatable bonds is 4. The molecule has 0 spiro atoms. The number of nitrogens with zero attached hydrogens (tertiary/aromatic N) is 2. The molecule has 0 bridgehead atoms. The highest BCUT2D eigenvalue weighted by molar-refractivity contribution is 7.96. The molecule has 2 rings (SSSR count). The van der Waals surface area contributed by atoms with E-state index < -0.39 is 31.4 Å². The van der Waals surface area contributed by atoms with Gasteiger partial charge in [-0.1, -0.05) is 6.07 Å². The third kappa shape index (κ3) is 3.72. The third-order valence-electron chi connectivity index (χ3n) is 3.65. The summed E-state index contributed by atoms with van der Waals surface area (Å²) in [4.78, 5) is 14.7. The first kappa shape index (κ1) is 17.5. The Morgan fingerprint density at radius 3 is 2.39 bits per heavy atom. The largest absolute Gasteiger partial charge is 0.382 e. The van der Waals surface area contributed by atoms with Gasteiger partial charge in [0.2, 0.25) is 9.84 Å². The average Bonchev–Trinajstić information content (AvgIpc) is 2.97. The van der Waals surface area contributed by atoms with Crippen LogP contribution in [-0.4, -0.2) is 51.3 Å². The number of benzene rings is 1. The number of aryl methyl sites for hydroxylation is 1. The molecule has 1 saturated heterocycles. The first-order chi connectivity index (χ1) is 10.7. The van der Waals surface area contributed by atoms with Crippen molar-refractivity contribution in [2.75, 3.05) is 27.2 Å². The minimum atomic E-state index is -4.23. The lowest BCUT2D eigenvalue weighted by Crippen LogP contribution is -2.33. The fourth-order valence-corrected chi connectivity index (χ4v) is 4.00. The van der Waals surface area contributed by atoms with Gasteiger partial charge in [0.25, 0.3) is 5.91 Å². The van der Waals surface area contributed by atoms with Gasteiger partial charge in [-0.3, -0.25) is 4.79 Å². The number of likely N-dealkylation sites (tertiary alicyclic amines) is 1. The highest BCUT2D eigenvalue weighted by atomic mass is 32.2. The lowest BCUT2D eigenvalue weighted by atomic mass is 10.2. The van der Waals surface area contributed by atoms with Crippen molar-refractivity contribution in [3.63, 3.8) is 0 Å². The molecule has 0 radical (unpaired) electrons. The number of hydrogen-bond donors (Lipinski definition) is 0. The van der Waals surface area contributed by atoms with Crippen LogP contribution in [0.25, 0.3) is 0 Å². The van der Waals surface area contributed by atoms with E-state index in [4.69, 9.17) is 0 Å². The van der Waals surface area contributed by atoms with Crippen LogP contribution in [0.4, 0.5) is 4.39 Å². The maximum atomic E-state index is 14.1. The molecule has 5 nitrogen and oxygen atoms in total. The normalized spacial score (nSPS) is 15.8. The van der Waals surface area contributed by atoms with Crippen molar-refractivity contribution in [3.05, 3.63) is 40.7 Å². The molecule has 0 aliphatic carbocycles. The van der Waals surface area contributed by atoms with E-state index in [1.165, 1.54) is 28.1 Å². The van der Waals surface area contributed by atoms with E-state index in [1.807, 2.05) is 0 Å². The molecule has 23 heavy (non-hydrogen) atoms. The van der Waals surface area contributed by atoms with E-state index in [-0.39, 0.29) is 0 Å². The van der Waals surface area contributed by atoms with E-state index in [1.54, 1.807) is 21.0 Å². The van der Waals surface area contributed by atoms with Gasteiger partial charge in [-0.2, -0.15) is 0 Å². The van der Waals surface area contributed by atoms with Gasteiger partial charge in [0.05, 0.1) is 0 Å². The third-order valence-corrected chi connectivity index (χ3v) is 5.42. The minimum Gasteiger partial charge on any atom is -0.382 e. The summed E-state index contributed by atoms with van der Waals surface area (Å²) < 4.78 is 39.8. The van der Waals surface area contributed by atoms with Crippen LogP contribution in [-0.2, 0) is 14.6 Å². The zero-order chi connectivity index (χ0) is 17.2. The highest BCUT2D eigenvalue weighted by Gasteiger charge is 2.33. The Kier molecular flexibility index (Phi) is 5.09. The van der Waals surface area contributed by atoms with Crippen LogP contribution in [0.5, 0.6) is 0 Å². The molecular formula is C16H21FN2O3S. The minimum absolute atomic E-state index is 0.396. The SMILES string of the molecule is Cc1ccc(S(=O)(=O)/C(=C\N(C)C)C(=O)N2CCCC2)c(F)c1. The van der Waals surface area contributed by atoms with Crippen LogP contribution >= 0.6 is 0 Å². The Balaban J connectivity index is 2.51. The quantitative estimate of drug-likeness (QED) is 0.786. The van der Waals surface area contributed by atoms with Gasteiger partial charge in [-0.25, -0.2) is 12.8 Å². The van der Waals surface area contributed by atoms with Gasteiger partial charge in [-0.15, -0.1) is 0 Å². The van der Waals surface area contributed by atoms with Gasteiger partial charge >= 0.3 is 0 Å². The molecule has 7 heteroatoms. The summed E-state index contributed by atoms with van der Waals surface area (Å²) in [5.74, 6) is -1.42. The van der Waals surface area contributed by atoms with Crippen LogP contribution in [0.15, 0.2) is 34.2 Å². The molecule has 0 unspecified atom stereocenters. The smallest absolute Gasteiger partial charge is 0.267 e. The molecule has 0 N–H and O–H groups in total. The second-order valence-corrected chi connectivity index (χ2v) is 7.78. The number of carbonyl (C=O) groups excluding carboxylic acids is 1. The van der Waals surface area contributed by atoms with Crippen molar-refractivity contribution in [3.8, 4) is 0 Å². The van der Waals surface area contributed by atoms with Crippen molar-refractivity contribution in [2.45, 2.75) is 24.7 Å². The van der Waals surface area contributed by atoms with E-state index >= 15 is 0 Å². The van der Waals surface area contributed by atoms with Crippen molar-refractivity contribution < 1.29 is 17.6 Å². The first-order valence-corrected chi connectivity index (χ1v) is 8.90. The first-order valence-electron chi connectivity index (χ1n) is 7.42. The summed E-state index contributed by atoms with van der Waals surface area (Å²) in [6.07, 6.45) is 2.94. The van der Waals surface area contributed by atoms with Crippen LogP contribution in [0.2, 0.25) is 0 Å². The molecule has 0 aromatic heterocycles. The average molecular weight is 340 g/mol. The molecule has 1 aliphatic heterocycles. The second kappa shape index (κ2) is 6.70. The number of hydrogen-bond acceptors (Lipinski definition) is 4. The van der Waals surface area contributed by atoms with Crippen molar-refractivity contribution in [1.29, 1.82) is 0 Å². The lowest BCUT2D eigenvalue weighted by molar-refractivity contribution is -0.125. The van der Waals surface area contributed by atoms with E-state index in [0.29, 0.717) is 18.7 Å². The van der Waals surface area contributed by atoms with E-state index in [9.17, 15) is 17.6 Å². The zero-order valence-electron chi connectivity index (χ0n) is 13.5. The van der Waals surface area contributed by atoms with Crippen molar-refractivity contribution in [1.82, 2.24) is 9.80 Å². The molecule has 1 heterocycles. The monoisotopic (exact) mass is 340 g/mol. The van der Waals surface area contributed by atoms with Crippen LogP contribution in [0, 0.1) is 12.7 Å². The standard InChI is InChI=1S/C16H21FN2O3S/c1-12-6-7-14(13(17)10-12)23(21,22)15(11-18(2)3)16(20)19-8-4-5-9-19/h6-7,10-11H,4-5,8-9H2,1-3H3/b15-11-. The number of carbonyl (C=O) groups is 1. The Hall–Kier alpha value is -1.89. The summed E-state index contributed by atoms with van der Waals surface area (Å²) in [5, 5.41) is 0. The fraction of sp³-hybridized carbons (Fsp3) is 0.438. The molecule has 126 valence electrons. The summed E-state index contributed by atoms with van der Waals surface area (Å²) in [6, 6.07) is 3.88. The lowest BCUT2D eigenvalue weighted by Gasteiger charge is -2.19. The van der Waals surface area contributed by atoms with Crippen LogP contribution in [0.1, 0.15) is 18.4 Å². The molecule has 1 aliphatic rings. The van der Waals surface area contributed by atoms with Crippen molar-refractivity contribution >= 4 is 15.7 Å². The Morgan fingerprint density at radius 1 is 1.26 bits per heavy atom. The van der Waals surface area contributed by atoms with Crippen LogP contribution in [0.3, 0.4) is 0 Å². The molecule has 1 amide bonds. The molecule has 1 fully saturated rings. The predicted molar refractivity (Wildman–Crippen MR) is 85.9 cm³/mol. The summed E-state index contributed by atoms with van der Waals surface area (Å²) in [6.45, 7) is 2.72. The highest BCUT2D eigenvalue weighted by Crippen LogP contribution is 2.26. The van der Waals surface area contributed by atoms with Gasteiger partial charge in [0.15, 0.2) is 4.91 Å². The summed E-state index contributed by atoms with van der Waals surface area (Å²) in [5.41, 5.74) is 0.616. The topological polar surface area (TPSA) is 57.7 Å². The molecular weight excluding hydrogens is 319 g/mol. The summed E-state index contributed by atoms with van der Waals surface area (Å²) in [7, 11) is -0.980. The molecule has 0 saturated carbocycles. The van der Waals surface area contributed by atoms with E-state index in [2.05, 4.69) is 0 Å². The van der Waals surface area contributed by atoms with Gasteiger partial charge < -0.3 is 9.80 Å². The maximum absolute atomic E-state index is 14.1. The Morgan fingerprint density at radius 2 is 1.87 bits per heavy atom. The van der Waals surface area contributed by atoms with Gasteiger partial charge in [0.1, 0.15) is 10.7 Å². The van der Waals surface area contributed by atoms with Crippen LogP contribution < -0.4 is 0 Å². The fourth-order valence-electron chi connectivity index (χ4n) is 2.49. The number of halogens is 1. The zero-order valence-corrected chi connectivity index (χ0v) is 14.4. The molecule has 1 aromatic carbocycles. The van der Waals surface area contributed by atoms with E-state index in [0.717, 1.165) is 18.9 Å². The van der Waals surface area contributed by atoms with Gasteiger partial charge in [-0.05, 0) is 37.5 Å². The molecule has 1 aromatic rings. The Labute approximate surface area is 136 Å². The Bertz CT molecular complexity index is 736. The molecule has 0 atom stereocenters. The maximum Gasteiger partial charge on any atom is 0.267 e. The number of amides is 1.